The molecule has 1 aliphatic rings. The van der Waals surface area contributed by atoms with Crippen LogP contribution in [0, 0.1) is 0 Å². The van der Waals surface area contributed by atoms with Crippen LogP contribution in [0.2, 0.25) is 0 Å². The van der Waals surface area contributed by atoms with Gasteiger partial charge in [-0.15, -0.1) is 0 Å². The molecule has 0 aliphatic carbocycles. The molecule has 1 heterocycles. The highest BCUT2D eigenvalue weighted by Crippen LogP contribution is 2.11. The Hall–Kier alpha value is -0.0551. The Bertz CT molecular complexity index is 69.7. The Morgan fingerprint density at radius 1 is 1.50 bits per heavy atom. The highest BCUT2D eigenvalue weighted by atomic mass is 16.5. The van der Waals surface area contributed by atoms with Gasteiger partial charge in [0, 0.05) is 6.61 Å². The molecule has 1 rings (SSSR count). The van der Waals surface area contributed by atoms with Gasteiger partial charge in [-0.3, -0.25) is 0 Å². The largest absolute Gasteiger partial charge is 0.482 e. The molecule has 0 amide bonds. The van der Waals surface area contributed by atoms with E-state index in [2.05, 4.69) is 0 Å². The maximum atomic E-state index is 8.48. The Labute approximate surface area is 48.4 Å². The van der Waals surface area contributed by atoms with E-state index >= 15 is 0 Å². The first-order valence-electron chi connectivity index (χ1n) is 2.78. The lowest BCUT2D eigenvalue weighted by atomic mass is 9.81. The lowest BCUT2D eigenvalue weighted by Crippen LogP contribution is -2.29. The van der Waals surface area contributed by atoms with Gasteiger partial charge in [-0.1, -0.05) is 0 Å². The molecule has 1 saturated heterocycles. The summed E-state index contributed by atoms with van der Waals surface area (Å²) < 4.78 is 4.91. The molecule has 0 unspecified atom stereocenters. The predicted molar refractivity (Wildman–Crippen MR) is 29.2 cm³/mol. The fraction of sp³-hybridized carbons (Fsp3) is 1.00. The van der Waals surface area contributed by atoms with Crippen molar-refractivity contribution in [1.29, 1.82) is 0 Å². The van der Waals surface area contributed by atoms with Crippen molar-refractivity contribution < 1.29 is 14.8 Å². The zero-order chi connectivity index (χ0) is 5.98. The maximum Gasteiger partial charge on any atom is 0.482 e. The van der Waals surface area contributed by atoms with Crippen molar-refractivity contribution in [3.8, 4) is 0 Å². The van der Waals surface area contributed by atoms with E-state index < -0.39 is 7.12 Å². The van der Waals surface area contributed by atoms with E-state index in [1.165, 1.54) is 0 Å². The van der Waals surface area contributed by atoms with Crippen molar-refractivity contribution in [2.75, 3.05) is 6.61 Å². The minimum Gasteiger partial charge on any atom is -0.425 e. The summed E-state index contributed by atoms with van der Waals surface area (Å²) in [6.45, 7) is 0.669. The topological polar surface area (TPSA) is 49.7 Å². The fourth-order valence-electron chi connectivity index (χ4n) is 0.838. The van der Waals surface area contributed by atoms with Gasteiger partial charge in [-0.25, -0.2) is 0 Å². The second kappa shape index (κ2) is 2.48. The Morgan fingerprint density at radius 3 is 2.50 bits per heavy atom. The van der Waals surface area contributed by atoms with Crippen LogP contribution in [-0.4, -0.2) is 29.8 Å². The van der Waals surface area contributed by atoms with Crippen LogP contribution in [-0.2, 0) is 4.74 Å². The Morgan fingerprint density at radius 2 is 2.25 bits per heavy atom. The Kier molecular flexibility index (Phi) is 1.88. The molecule has 0 aromatic carbocycles. The first kappa shape index (κ1) is 6.07. The molecule has 0 bridgehead atoms. The van der Waals surface area contributed by atoms with Crippen LogP contribution in [0.25, 0.3) is 0 Å². The summed E-state index contributed by atoms with van der Waals surface area (Å²) in [4.78, 5) is 0. The molecular formula is C4H9BO3. The zero-order valence-electron chi connectivity index (χ0n) is 4.58. The second-order valence-corrected chi connectivity index (χ2v) is 1.97. The summed E-state index contributed by atoms with van der Waals surface area (Å²) in [6.07, 6.45) is 1.72. The van der Waals surface area contributed by atoms with Crippen molar-refractivity contribution in [2.45, 2.75) is 18.8 Å². The number of hydrogen-bond donors (Lipinski definition) is 2. The van der Waals surface area contributed by atoms with Crippen molar-refractivity contribution in [3.05, 3.63) is 0 Å². The van der Waals surface area contributed by atoms with E-state index in [9.17, 15) is 0 Å². The van der Waals surface area contributed by atoms with Gasteiger partial charge >= 0.3 is 7.12 Å². The molecule has 46 valence electrons. The Balaban J connectivity index is 2.24. The third-order valence-electron chi connectivity index (χ3n) is 1.30. The summed E-state index contributed by atoms with van der Waals surface area (Å²) >= 11 is 0. The molecule has 1 aliphatic heterocycles. The average molecular weight is 116 g/mol. The SMILES string of the molecule is OB(O)[C@H]1CCCO1. The van der Waals surface area contributed by atoms with Crippen molar-refractivity contribution in [3.63, 3.8) is 0 Å². The van der Waals surface area contributed by atoms with Crippen molar-refractivity contribution in [2.24, 2.45) is 0 Å². The number of hydrogen-bond acceptors (Lipinski definition) is 3. The molecule has 0 aromatic rings. The maximum absolute atomic E-state index is 8.48. The molecule has 0 saturated carbocycles. The third-order valence-corrected chi connectivity index (χ3v) is 1.30. The summed E-state index contributed by atoms with van der Waals surface area (Å²) in [5, 5.41) is 17.0. The van der Waals surface area contributed by atoms with Gasteiger partial charge in [0.2, 0.25) is 0 Å². The molecule has 8 heavy (non-hydrogen) atoms. The second-order valence-electron chi connectivity index (χ2n) is 1.97. The van der Waals surface area contributed by atoms with E-state index in [-0.39, 0.29) is 6.00 Å². The van der Waals surface area contributed by atoms with Gasteiger partial charge in [-0.05, 0) is 12.8 Å². The lowest BCUT2D eigenvalue weighted by molar-refractivity contribution is 0.135. The number of ether oxygens (including phenoxy) is 1. The minimum atomic E-state index is -1.28. The van der Waals surface area contributed by atoms with Gasteiger partial charge in [0.25, 0.3) is 0 Å². The molecule has 0 spiro atoms. The standard InChI is InChI=1S/C4H9BO3/c6-5(7)4-2-1-3-8-4/h4,6-7H,1-3H2/t4-/m1/s1. The molecule has 2 N–H and O–H groups in total. The van der Waals surface area contributed by atoms with Crippen LogP contribution in [0.4, 0.5) is 0 Å². The van der Waals surface area contributed by atoms with E-state index in [4.69, 9.17) is 14.8 Å². The summed E-state index contributed by atoms with van der Waals surface area (Å²) in [6, 6.07) is -0.324. The van der Waals surface area contributed by atoms with Crippen LogP contribution in [0.15, 0.2) is 0 Å². The molecule has 0 aromatic heterocycles. The first-order chi connectivity index (χ1) is 3.80. The molecule has 1 atom stereocenters. The van der Waals surface area contributed by atoms with Crippen LogP contribution >= 0.6 is 0 Å². The highest BCUT2D eigenvalue weighted by Gasteiger charge is 2.27. The molecular weight excluding hydrogens is 107 g/mol. The molecule has 4 heteroatoms. The average Bonchev–Trinajstić information content (AvgIpc) is 2.12. The van der Waals surface area contributed by atoms with Crippen molar-refractivity contribution in [1.82, 2.24) is 0 Å². The van der Waals surface area contributed by atoms with Gasteiger partial charge in [-0.2, -0.15) is 0 Å². The highest BCUT2D eigenvalue weighted by molar-refractivity contribution is 6.42. The fourth-order valence-corrected chi connectivity index (χ4v) is 0.838. The third kappa shape index (κ3) is 1.21. The first-order valence-corrected chi connectivity index (χ1v) is 2.78. The van der Waals surface area contributed by atoms with E-state index in [0.717, 1.165) is 12.8 Å². The molecule has 1 fully saturated rings. The van der Waals surface area contributed by atoms with Crippen LogP contribution in [0.3, 0.4) is 0 Å². The normalized spacial score (nSPS) is 28.5. The quantitative estimate of drug-likeness (QED) is 0.440. The monoisotopic (exact) mass is 116 g/mol. The van der Waals surface area contributed by atoms with E-state index in [0.29, 0.717) is 6.61 Å². The van der Waals surface area contributed by atoms with Crippen LogP contribution in [0.1, 0.15) is 12.8 Å². The van der Waals surface area contributed by atoms with Crippen LogP contribution in [0.5, 0.6) is 0 Å². The van der Waals surface area contributed by atoms with Gasteiger partial charge < -0.3 is 14.8 Å². The minimum absolute atomic E-state index is 0.324. The van der Waals surface area contributed by atoms with Crippen LogP contribution < -0.4 is 0 Å². The molecule has 3 nitrogen and oxygen atoms in total. The van der Waals surface area contributed by atoms with E-state index in [1.54, 1.807) is 0 Å². The smallest absolute Gasteiger partial charge is 0.425 e. The summed E-state index contributed by atoms with van der Waals surface area (Å²) in [7, 11) is -1.28. The zero-order valence-corrected chi connectivity index (χ0v) is 4.58. The summed E-state index contributed by atoms with van der Waals surface area (Å²) in [5.74, 6) is 0. The van der Waals surface area contributed by atoms with E-state index in [1.807, 2.05) is 0 Å². The summed E-state index contributed by atoms with van der Waals surface area (Å²) in [5.41, 5.74) is 0. The predicted octanol–water partition coefficient (Wildman–Crippen LogP) is -0.823. The van der Waals surface area contributed by atoms with Gasteiger partial charge in [0.15, 0.2) is 0 Å². The van der Waals surface area contributed by atoms with Gasteiger partial charge in [0.05, 0.1) is 6.00 Å². The molecule has 0 radical (unpaired) electrons. The van der Waals surface area contributed by atoms with Crippen molar-refractivity contribution >= 4 is 7.12 Å². The lowest BCUT2D eigenvalue weighted by Gasteiger charge is -2.04. The number of rotatable bonds is 1. The van der Waals surface area contributed by atoms with Gasteiger partial charge in [0.1, 0.15) is 0 Å².